The molecule has 0 saturated heterocycles. The third-order valence-electron chi connectivity index (χ3n) is 1.68. The lowest BCUT2D eigenvalue weighted by molar-refractivity contribution is -0.137. The number of halogens is 4. The Kier molecular flexibility index (Phi) is 3.95. The molecule has 0 amide bonds. The highest BCUT2D eigenvalue weighted by molar-refractivity contribution is 6.31. The molecule has 0 aromatic heterocycles. The van der Waals surface area contributed by atoms with Crippen molar-refractivity contribution in [2.75, 3.05) is 0 Å². The topological polar surface area (TPSA) is 76.8 Å². The molecule has 17 heavy (non-hydrogen) atoms. The first-order chi connectivity index (χ1) is 7.80. The third kappa shape index (κ3) is 3.95. The normalized spacial score (nSPS) is 11.8. The molecule has 0 aliphatic heterocycles. The van der Waals surface area contributed by atoms with Crippen molar-refractivity contribution in [3.05, 3.63) is 34.3 Å². The van der Waals surface area contributed by atoms with E-state index in [1.807, 2.05) is 0 Å². The van der Waals surface area contributed by atoms with Crippen LogP contribution in [0.25, 0.3) is 0 Å². The Morgan fingerprint density at radius 2 is 1.94 bits per heavy atom. The van der Waals surface area contributed by atoms with Gasteiger partial charge in [0, 0.05) is 0 Å². The number of rotatable bonds is 2. The van der Waals surface area contributed by atoms with Crippen molar-refractivity contribution in [2.45, 2.75) is 6.18 Å². The summed E-state index contributed by atoms with van der Waals surface area (Å²) in [6.45, 7) is 0. The van der Waals surface area contributed by atoms with E-state index in [-0.39, 0.29) is 5.96 Å². The van der Waals surface area contributed by atoms with Crippen LogP contribution < -0.4 is 11.5 Å². The Morgan fingerprint density at radius 3 is 2.41 bits per heavy atom. The summed E-state index contributed by atoms with van der Waals surface area (Å²) in [4.78, 5) is 0. The van der Waals surface area contributed by atoms with E-state index in [0.717, 1.165) is 12.1 Å². The summed E-state index contributed by atoms with van der Waals surface area (Å²) in [5.74, 6) is -0.251. The Bertz CT molecular complexity index is 464. The van der Waals surface area contributed by atoms with E-state index in [9.17, 15) is 13.2 Å². The summed E-state index contributed by atoms with van der Waals surface area (Å²) < 4.78 is 37.1. The first kappa shape index (κ1) is 13.3. The standard InChI is InChI=1S/C9H8ClF3N4/c10-7-3-5(4-16-17-8(14)15)1-2-6(7)9(11,12)13/h1-4H,(H4,14,15,17). The Balaban J connectivity index is 2.98. The van der Waals surface area contributed by atoms with Gasteiger partial charge in [-0.1, -0.05) is 17.7 Å². The summed E-state index contributed by atoms with van der Waals surface area (Å²) in [5, 5.41) is 6.33. The SMILES string of the molecule is NC(N)=NN=Cc1ccc(C(F)(F)F)c(Cl)c1. The molecule has 92 valence electrons. The average molecular weight is 265 g/mol. The van der Waals surface area contributed by atoms with Crippen LogP contribution in [-0.4, -0.2) is 12.2 Å². The van der Waals surface area contributed by atoms with E-state index in [1.54, 1.807) is 0 Å². The fourth-order valence-corrected chi connectivity index (χ4v) is 1.30. The van der Waals surface area contributed by atoms with Crippen LogP contribution in [-0.2, 0) is 6.18 Å². The molecule has 0 aliphatic rings. The zero-order valence-electron chi connectivity index (χ0n) is 8.37. The van der Waals surface area contributed by atoms with Crippen molar-refractivity contribution < 1.29 is 13.2 Å². The number of nitrogens with zero attached hydrogens (tertiary/aromatic N) is 2. The van der Waals surface area contributed by atoms with Gasteiger partial charge in [0.2, 0.25) is 5.96 Å². The van der Waals surface area contributed by atoms with E-state index < -0.39 is 16.8 Å². The minimum absolute atomic E-state index is 0.251. The number of benzene rings is 1. The van der Waals surface area contributed by atoms with Gasteiger partial charge >= 0.3 is 6.18 Å². The van der Waals surface area contributed by atoms with Crippen LogP contribution in [0.15, 0.2) is 28.4 Å². The summed E-state index contributed by atoms with van der Waals surface area (Å²) in [7, 11) is 0. The monoisotopic (exact) mass is 264 g/mol. The molecule has 0 fully saturated rings. The van der Waals surface area contributed by atoms with Crippen LogP contribution in [0.2, 0.25) is 5.02 Å². The quantitative estimate of drug-likeness (QED) is 0.487. The highest BCUT2D eigenvalue weighted by atomic mass is 35.5. The molecule has 0 aliphatic carbocycles. The second kappa shape index (κ2) is 5.05. The van der Waals surface area contributed by atoms with Crippen molar-refractivity contribution in [1.82, 2.24) is 0 Å². The summed E-state index contributed by atoms with van der Waals surface area (Å²) in [6, 6.07) is 3.19. The second-order valence-corrected chi connectivity index (χ2v) is 3.41. The molecule has 0 spiro atoms. The van der Waals surface area contributed by atoms with Crippen LogP contribution in [0.5, 0.6) is 0 Å². The summed E-state index contributed by atoms with van der Waals surface area (Å²) in [5.41, 5.74) is 9.46. The first-order valence-corrected chi connectivity index (χ1v) is 4.67. The van der Waals surface area contributed by atoms with Crippen molar-refractivity contribution in [3.63, 3.8) is 0 Å². The van der Waals surface area contributed by atoms with Gasteiger partial charge in [0.05, 0.1) is 16.8 Å². The molecule has 0 radical (unpaired) electrons. The number of nitrogens with two attached hydrogens (primary N) is 2. The molecule has 8 heteroatoms. The number of alkyl halides is 3. The lowest BCUT2D eigenvalue weighted by Crippen LogP contribution is -2.21. The molecular weight excluding hydrogens is 257 g/mol. The Morgan fingerprint density at radius 1 is 1.29 bits per heavy atom. The van der Waals surface area contributed by atoms with Gasteiger partial charge in [0.25, 0.3) is 0 Å². The van der Waals surface area contributed by atoms with Crippen molar-refractivity contribution >= 4 is 23.8 Å². The molecule has 0 atom stereocenters. The molecule has 0 saturated carbocycles. The lowest BCUT2D eigenvalue weighted by Gasteiger charge is -2.08. The molecule has 0 unspecified atom stereocenters. The van der Waals surface area contributed by atoms with E-state index in [0.29, 0.717) is 5.56 Å². The molecular formula is C9H8ClF3N4. The zero-order chi connectivity index (χ0) is 13.1. The Labute approximate surface area is 99.8 Å². The van der Waals surface area contributed by atoms with Crippen LogP contribution in [0.1, 0.15) is 11.1 Å². The smallest absolute Gasteiger partial charge is 0.369 e. The minimum Gasteiger partial charge on any atom is -0.369 e. The number of guanidine groups is 1. The van der Waals surface area contributed by atoms with Gasteiger partial charge in [-0.05, 0) is 17.7 Å². The van der Waals surface area contributed by atoms with Gasteiger partial charge < -0.3 is 11.5 Å². The van der Waals surface area contributed by atoms with Crippen molar-refractivity contribution in [3.8, 4) is 0 Å². The molecule has 0 bridgehead atoms. The lowest BCUT2D eigenvalue weighted by atomic mass is 10.1. The fourth-order valence-electron chi connectivity index (χ4n) is 1.00. The first-order valence-electron chi connectivity index (χ1n) is 4.29. The van der Waals surface area contributed by atoms with Gasteiger partial charge in [-0.25, -0.2) is 0 Å². The second-order valence-electron chi connectivity index (χ2n) is 3.01. The van der Waals surface area contributed by atoms with Crippen LogP contribution in [0, 0.1) is 0 Å². The molecule has 1 aromatic rings. The Hall–Kier alpha value is -1.76. The van der Waals surface area contributed by atoms with E-state index in [1.165, 1.54) is 12.3 Å². The molecule has 0 heterocycles. The van der Waals surface area contributed by atoms with Gasteiger partial charge in [0.1, 0.15) is 0 Å². The van der Waals surface area contributed by atoms with Crippen LogP contribution in [0.3, 0.4) is 0 Å². The zero-order valence-corrected chi connectivity index (χ0v) is 9.13. The largest absolute Gasteiger partial charge is 0.417 e. The van der Waals surface area contributed by atoms with Crippen molar-refractivity contribution in [2.24, 2.45) is 21.7 Å². The molecule has 4 N–H and O–H groups in total. The number of hydrogen-bond acceptors (Lipinski definition) is 2. The minimum atomic E-state index is -4.48. The van der Waals surface area contributed by atoms with Crippen LogP contribution >= 0.6 is 11.6 Å². The molecule has 1 aromatic carbocycles. The summed E-state index contributed by atoms with van der Waals surface area (Å²) >= 11 is 5.49. The molecule has 1 rings (SSSR count). The predicted molar refractivity (Wildman–Crippen MR) is 59.9 cm³/mol. The van der Waals surface area contributed by atoms with Gasteiger partial charge in [-0.3, -0.25) is 0 Å². The van der Waals surface area contributed by atoms with Gasteiger partial charge in [-0.2, -0.15) is 18.3 Å². The van der Waals surface area contributed by atoms with E-state index in [2.05, 4.69) is 10.2 Å². The summed E-state index contributed by atoms with van der Waals surface area (Å²) in [6.07, 6.45) is -3.29. The predicted octanol–water partition coefficient (Wildman–Crippen LogP) is 1.97. The maximum Gasteiger partial charge on any atom is 0.417 e. The number of hydrogen-bond donors (Lipinski definition) is 2. The highest BCUT2D eigenvalue weighted by Crippen LogP contribution is 2.34. The van der Waals surface area contributed by atoms with Crippen molar-refractivity contribution in [1.29, 1.82) is 0 Å². The van der Waals surface area contributed by atoms with Gasteiger partial charge in [0.15, 0.2) is 0 Å². The highest BCUT2D eigenvalue weighted by Gasteiger charge is 2.32. The maximum absolute atomic E-state index is 12.4. The molecule has 4 nitrogen and oxygen atoms in total. The third-order valence-corrected chi connectivity index (χ3v) is 1.99. The van der Waals surface area contributed by atoms with Gasteiger partial charge in [-0.15, -0.1) is 5.10 Å². The average Bonchev–Trinajstić information content (AvgIpc) is 2.14. The van der Waals surface area contributed by atoms with E-state index in [4.69, 9.17) is 23.1 Å². The van der Waals surface area contributed by atoms with E-state index >= 15 is 0 Å². The van der Waals surface area contributed by atoms with Crippen LogP contribution in [0.4, 0.5) is 13.2 Å². The maximum atomic E-state index is 12.4. The fraction of sp³-hybridized carbons (Fsp3) is 0.111.